The molecule has 8 nitrogen and oxygen atoms in total. The molecule has 0 amide bonds. The topological polar surface area (TPSA) is 138 Å². The second-order valence-corrected chi connectivity index (χ2v) is 5.85. The first-order chi connectivity index (χ1) is 12.4. The van der Waals surface area contributed by atoms with Gasteiger partial charge in [-0.05, 0) is 30.2 Å². The number of rotatable bonds is 2. The van der Waals surface area contributed by atoms with E-state index in [1.54, 1.807) is 6.92 Å². The van der Waals surface area contributed by atoms with Gasteiger partial charge in [0.2, 0.25) is 0 Å². The van der Waals surface area contributed by atoms with Gasteiger partial charge < -0.3 is 15.8 Å². The van der Waals surface area contributed by atoms with E-state index in [-0.39, 0.29) is 28.0 Å². The molecule has 0 aliphatic heterocycles. The van der Waals surface area contributed by atoms with Crippen molar-refractivity contribution in [3.05, 3.63) is 51.8 Å². The van der Waals surface area contributed by atoms with Crippen molar-refractivity contribution in [3.8, 4) is 11.1 Å². The molecule has 3 aromatic heterocycles. The maximum Gasteiger partial charge on any atom is 0.354 e. The number of hydrogen-bond acceptors (Lipinski definition) is 5. The summed E-state index contributed by atoms with van der Waals surface area (Å²) in [4.78, 5) is 30.5. The predicted molar refractivity (Wildman–Crippen MR) is 93.5 cm³/mol. The zero-order valence-corrected chi connectivity index (χ0v) is 13.4. The largest absolute Gasteiger partial charge is 0.477 e. The molecule has 4 rings (SSSR count). The van der Waals surface area contributed by atoms with Crippen LogP contribution in [0.5, 0.6) is 0 Å². The summed E-state index contributed by atoms with van der Waals surface area (Å²) in [5, 5.41) is 16.1. The minimum atomic E-state index is -1.20. The van der Waals surface area contributed by atoms with Crippen LogP contribution in [-0.4, -0.2) is 31.2 Å². The van der Waals surface area contributed by atoms with Crippen LogP contribution in [0.15, 0.2) is 29.2 Å². The zero-order valence-electron chi connectivity index (χ0n) is 13.4. The summed E-state index contributed by atoms with van der Waals surface area (Å²) < 4.78 is 14.0. The summed E-state index contributed by atoms with van der Waals surface area (Å²) in [5.41, 5.74) is 6.90. The number of halogens is 1. The highest BCUT2D eigenvalue weighted by Gasteiger charge is 2.20. The van der Waals surface area contributed by atoms with Crippen LogP contribution in [0, 0.1) is 12.7 Å². The molecular formula is C17H12FN5O3. The number of carboxylic acid groups (broad SMARTS) is 1. The van der Waals surface area contributed by atoms with E-state index < -0.39 is 17.3 Å². The average molecular weight is 353 g/mol. The summed E-state index contributed by atoms with van der Waals surface area (Å²) >= 11 is 0. The van der Waals surface area contributed by atoms with Gasteiger partial charge in [-0.1, -0.05) is 6.07 Å². The molecule has 4 aromatic rings. The summed E-state index contributed by atoms with van der Waals surface area (Å²) in [7, 11) is 0. The van der Waals surface area contributed by atoms with Crippen molar-refractivity contribution in [2.75, 3.05) is 5.73 Å². The van der Waals surface area contributed by atoms with E-state index in [1.165, 1.54) is 24.4 Å². The molecule has 0 unspecified atom stereocenters. The van der Waals surface area contributed by atoms with Crippen molar-refractivity contribution in [1.82, 2.24) is 20.2 Å². The van der Waals surface area contributed by atoms with E-state index in [4.69, 9.17) is 5.73 Å². The van der Waals surface area contributed by atoms with Gasteiger partial charge in [-0.2, -0.15) is 5.10 Å². The fourth-order valence-electron chi connectivity index (χ4n) is 3.04. The molecule has 0 radical (unpaired) electrons. The zero-order chi connectivity index (χ0) is 18.6. The van der Waals surface area contributed by atoms with Crippen molar-refractivity contribution in [2.24, 2.45) is 0 Å². The van der Waals surface area contributed by atoms with E-state index >= 15 is 0 Å². The van der Waals surface area contributed by atoms with Crippen LogP contribution in [0.4, 0.5) is 10.1 Å². The number of H-pyrrole nitrogens is 2. The number of fused-ring (bicyclic) bond motifs is 2. The minimum absolute atomic E-state index is 0.140. The molecule has 3 heterocycles. The third-order valence-corrected chi connectivity index (χ3v) is 4.25. The average Bonchev–Trinajstić information content (AvgIpc) is 3.07. The molecule has 0 saturated carbocycles. The number of hydrogen-bond donors (Lipinski definition) is 4. The molecule has 26 heavy (non-hydrogen) atoms. The van der Waals surface area contributed by atoms with Crippen molar-refractivity contribution in [1.29, 1.82) is 0 Å². The first-order valence-corrected chi connectivity index (χ1v) is 7.57. The number of nitrogens with zero attached hydrogens (tertiary/aromatic N) is 2. The number of aromatic nitrogens is 4. The number of pyridine rings is 2. The van der Waals surface area contributed by atoms with Crippen LogP contribution in [0.3, 0.4) is 0 Å². The van der Waals surface area contributed by atoms with Crippen molar-refractivity contribution in [2.45, 2.75) is 6.92 Å². The Kier molecular flexibility index (Phi) is 3.26. The molecule has 0 atom stereocenters. The SMILES string of the molecule is Cc1cc2[nH]c(=O)c(N)c(-c3ccc(F)c4[nH]ncc34)c2nc1C(=O)O. The van der Waals surface area contributed by atoms with E-state index in [0.717, 1.165) is 0 Å². The molecule has 0 saturated heterocycles. The number of nitrogen functional groups attached to an aromatic ring is 1. The first-order valence-electron chi connectivity index (χ1n) is 7.57. The Balaban J connectivity index is 2.20. The maximum absolute atomic E-state index is 14.0. The highest BCUT2D eigenvalue weighted by atomic mass is 19.1. The lowest BCUT2D eigenvalue weighted by Crippen LogP contribution is -2.15. The first kappa shape index (κ1) is 15.8. The van der Waals surface area contributed by atoms with E-state index in [2.05, 4.69) is 20.2 Å². The summed E-state index contributed by atoms with van der Waals surface area (Å²) in [6, 6.07) is 4.20. The third-order valence-electron chi connectivity index (χ3n) is 4.25. The van der Waals surface area contributed by atoms with Gasteiger partial charge in [-0.3, -0.25) is 9.89 Å². The highest BCUT2D eigenvalue weighted by Crippen LogP contribution is 2.35. The van der Waals surface area contributed by atoms with Crippen LogP contribution in [0.1, 0.15) is 16.1 Å². The highest BCUT2D eigenvalue weighted by molar-refractivity contribution is 6.07. The Hall–Kier alpha value is -3.75. The summed E-state index contributed by atoms with van der Waals surface area (Å²) in [6.07, 6.45) is 1.41. The molecular weight excluding hydrogens is 341 g/mol. The standard InChI is InChI=1S/C17H12FN5O3/c1-6-4-10-15(22-13(6)17(25)26)11(12(19)16(24)21-10)7-2-3-9(18)14-8(7)5-20-23-14/h2-5H,19H2,1H3,(H,20,23)(H,21,24)(H,25,26). The number of carbonyl (C=O) groups is 1. The molecule has 0 fully saturated rings. The number of benzene rings is 1. The molecule has 1 aromatic carbocycles. The van der Waals surface area contributed by atoms with Crippen molar-refractivity contribution in [3.63, 3.8) is 0 Å². The Bertz CT molecular complexity index is 1280. The lowest BCUT2D eigenvalue weighted by molar-refractivity contribution is 0.0690. The van der Waals surface area contributed by atoms with Gasteiger partial charge in [0.1, 0.15) is 17.0 Å². The number of aromatic carboxylic acids is 1. The smallest absolute Gasteiger partial charge is 0.354 e. The van der Waals surface area contributed by atoms with Gasteiger partial charge in [-0.25, -0.2) is 14.2 Å². The molecule has 0 aliphatic carbocycles. The quantitative estimate of drug-likeness (QED) is 0.436. The maximum atomic E-state index is 14.0. The van der Waals surface area contributed by atoms with Crippen LogP contribution in [-0.2, 0) is 0 Å². The molecule has 9 heteroatoms. The Morgan fingerprint density at radius 2 is 2.12 bits per heavy atom. The summed E-state index contributed by atoms with van der Waals surface area (Å²) in [5.74, 6) is -1.71. The third kappa shape index (κ3) is 2.14. The number of aromatic amines is 2. The molecule has 0 bridgehead atoms. The van der Waals surface area contributed by atoms with Gasteiger partial charge in [0.15, 0.2) is 5.69 Å². The minimum Gasteiger partial charge on any atom is -0.477 e. The fourth-order valence-corrected chi connectivity index (χ4v) is 3.04. The normalized spacial score (nSPS) is 11.3. The van der Waals surface area contributed by atoms with Gasteiger partial charge in [-0.15, -0.1) is 0 Å². The van der Waals surface area contributed by atoms with Crippen LogP contribution < -0.4 is 11.3 Å². The van der Waals surface area contributed by atoms with Gasteiger partial charge in [0.25, 0.3) is 5.56 Å². The van der Waals surface area contributed by atoms with E-state index in [1.807, 2.05) is 0 Å². The second kappa shape index (κ2) is 5.38. The number of nitrogens with one attached hydrogen (secondary N) is 2. The van der Waals surface area contributed by atoms with Gasteiger partial charge in [0, 0.05) is 10.9 Å². The van der Waals surface area contributed by atoms with Crippen LogP contribution in [0.25, 0.3) is 33.1 Å². The van der Waals surface area contributed by atoms with E-state index in [9.17, 15) is 19.1 Å². The van der Waals surface area contributed by atoms with Crippen LogP contribution in [0.2, 0.25) is 0 Å². The lowest BCUT2D eigenvalue weighted by atomic mass is 9.98. The van der Waals surface area contributed by atoms with E-state index in [0.29, 0.717) is 22.0 Å². The van der Waals surface area contributed by atoms with Crippen molar-refractivity contribution >= 4 is 33.6 Å². The number of anilines is 1. The Morgan fingerprint density at radius 3 is 2.85 bits per heavy atom. The predicted octanol–water partition coefficient (Wildman–Crippen LogP) is 2.19. The Morgan fingerprint density at radius 1 is 1.35 bits per heavy atom. The number of nitrogens with two attached hydrogens (primary N) is 1. The van der Waals surface area contributed by atoms with Gasteiger partial charge >= 0.3 is 5.97 Å². The second-order valence-electron chi connectivity index (χ2n) is 5.85. The summed E-state index contributed by atoms with van der Waals surface area (Å²) in [6.45, 7) is 1.58. The van der Waals surface area contributed by atoms with Crippen LogP contribution >= 0.6 is 0 Å². The Labute approximate surface area is 144 Å². The lowest BCUT2D eigenvalue weighted by Gasteiger charge is -2.12. The fraction of sp³-hybridized carbons (Fsp3) is 0.0588. The number of carboxylic acids is 1. The number of aryl methyl sites for hydroxylation is 1. The van der Waals surface area contributed by atoms with Crippen molar-refractivity contribution < 1.29 is 14.3 Å². The van der Waals surface area contributed by atoms with Gasteiger partial charge in [0.05, 0.1) is 17.2 Å². The molecule has 5 N–H and O–H groups in total. The molecule has 130 valence electrons. The molecule has 0 spiro atoms. The molecule has 0 aliphatic rings. The monoisotopic (exact) mass is 353 g/mol.